The number of aromatic hydroxyl groups is 3. The molecule has 2 heterocycles. The number of benzene rings is 1. The van der Waals surface area contributed by atoms with Crippen LogP contribution in [0.1, 0.15) is 17.2 Å². The van der Waals surface area contributed by atoms with Crippen molar-refractivity contribution in [3.63, 3.8) is 0 Å². The van der Waals surface area contributed by atoms with Gasteiger partial charge >= 0.3 is 0 Å². The van der Waals surface area contributed by atoms with Gasteiger partial charge in [0.05, 0.1) is 22.9 Å². The Labute approximate surface area is 121 Å². The first-order valence-electron chi connectivity index (χ1n) is 5.68. The molecule has 1 aliphatic rings. The van der Waals surface area contributed by atoms with Gasteiger partial charge in [-0.05, 0) is 6.07 Å². The van der Waals surface area contributed by atoms with Crippen LogP contribution in [0.4, 0.5) is 5.82 Å². The van der Waals surface area contributed by atoms with Gasteiger partial charge in [0.25, 0.3) is 5.70 Å². The van der Waals surface area contributed by atoms with Gasteiger partial charge in [-0.3, -0.25) is 10.1 Å². The summed E-state index contributed by atoms with van der Waals surface area (Å²) in [5, 5.41) is 42.8. The number of anilines is 1. The lowest BCUT2D eigenvalue weighted by atomic mass is 9.90. The normalized spacial score (nSPS) is 16.8. The highest BCUT2D eigenvalue weighted by molar-refractivity contribution is 6.99. The second kappa shape index (κ2) is 4.59. The Bertz CT molecular complexity index is 772. The molecule has 0 spiro atoms. The molecule has 21 heavy (non-hydrogen) atoms. The molecule has 0 aliphatic carbocycles. The van der Waals surface area contributed by atoms with Crippen molar-refractivity contribution in [2.45, 2.75) is 5.92 Å². The van der Waals surface area contributed by atoms with Crippen LogP contribution in [-0.4, -0.2) is 29.0 Å². The van der Waals surface area contributed by atoms with Crippen LogP contribution in [0.2, 0.25) is 0 Å². The summed E-state index contributed by atoms with van der Waals surface area (Å²) in [4.78, 5) is 10.6. The number of phenolic OH excluding ortho intramolecular Hbond substituents is 3. The third-order valence-corrected chi connectivity index (χ3v) is 3.67. The third-order valence-electron chi connectivity index (χ3n) is 3.12. The smallest absolute Gasteiger partial charge is 0.275 e. The molecule has 1 aromatic carbocycles. The van der Waals surface area contributed by atoms with E-state index in [2.05, 4.69) is 14.1 Å². The van der Waals surface area contributed by atoms with Crippen LogP contribution in [0.5, 0.6) is 17.2 Å². The number of hydrogen-bond donors (Lipinski definition) is 4. The maximum atomic E-state index is 11.2. The Kier molecular flexibility index (Phi) is 2.87. The number of phenols is 3. The molecule has 1 aromatic heterocycles. The first-order valence-corrected chi connectivity index (χ1v) is 6.41. The highest BCUT2D eigenvalue weighted by atomic mass is 32.1. The standard InChI is InChI=1S/C11H8N4O5S/c16-6-2-1-4(9(17)10(6)18)7-5(15(19)20)3-12-11-8(7)13-21-14-11/h1-3,7,16-18H,(H,12,14). The van der Waals surface area contributed by atoms with Gasteiger partial charge < -0.3 is 20.6 Å². The molecule has 0 bridgehead atoms. The van der Waals surface area contributed by atoms with Crippen molar-refractivity contribution in [3.05, 3.63) is 45.4 Å². The lowest BCUT2D eigenvalue weighted by Gasteiger charge is -2.19. The predicted octanol–water partition coefficient (Wildman–Crippen LogP) is 1.33. The van der Waals surface area contributed by atoms with E-state index in [1.54, 1.807) is 0 Å². The van der Waals surface area contributed by atoms with Gasteiger partial charge in [-0.2, -0.15) is 8.75 Å². The maximum absolute atomic E-state index is 11.2. The minimum atomic E-state index is -0.999. The van der Waals surface area contributed by atoms with E-state index in [9.17, 15) is 25.4 Å². The quantitative estimate of drug-likeness (QED) is 0.370. The van der Waals surface area contributed by atoms with Gasteiger partial charge in [-0.1, -0.05) is 6.07 Å². The van der Waals surface area contributed by atoms with Crippen LogP contribution in [0, 0.1) is 10.1 Å². The summed E-state index contributed by atoms with van der Waals surface area (Å²) in [6, 6.07) is 2.43. The Morgan fingerprint density at radius 1 is 1.24 bits per heavy atom. The molecule has 2 aromatic rings. The Hall–Kier alpha value is -2.88. The van der Waals surface area contributed by atoms with Crippen molar-refractivity contribution in [2.24, 2.45) is 0 Å². The van der Waals surface area contributed by atoms with E-state index in [-0.39, 0.29) is 17.0 Å². The van der Waals surface area contributed by atoms with Crippen LogP contribution in [0.3, 0.4) is 0 Å². The molecule has 4 N–H and O–H groups in total. The van der Waals surface area contributed by atoms with Crippen molar-refractivity contribution < 1.29 is 20.2 Å². The summed E-state index contributed by atoms with van der Waals surface area (Å²) in [5.74, 6) is -2.54. The van der Waals surface area contributed by atoms with E-state index in [0.29, 0.717) is 5.82 Å². The number of nitro groups is 1. The molecule has 1 aliphatic heterocycles. The topological polar surface area (TPSA) is 142 Å². The molecule has 108 valence electrons. The predicted molar refractivity (Wildman–Crippen MR) is 71.9 cm³/mol. The van der Waals surface area contributed by atoms with Gasteiger partial charge in [0.15, 0.2) is 17.3 Å². The fourth-order valence-electron chi connectivity index (χ4n) is 2.13. The number of fused-ring (bicyclic) bond motifs is 1. The van der Waals surface area contributed by atoms with Gasteiger partial charge in [0.1, 0.15) is 11.6 Å². The molecular weight excluding hydrogens is 300 g/mol. The summed E-state index contributed by atoms with van der Waals surface area (Å²) in [5.41, 5.74) is 0.0777. The van der Waals surface area contributed by atoms with E-state index in [0.717, 1.165) is 24.0 Å². The first-order chi connectivity index (χ1) is 10.0. The molecule has 0 saturated carbocycles. The summed E-state index contributed by atoms with van der Waals surface area (Å²) in [7, 11) is 0. The lowest BCUT2D eigenvalue weighted by molar-refractivity contribution is -0.429. The summed E-state index contributed by atoms with van der Waals surface area (Å²) in [6.45, 7) is 0. The zero-order valence-corrected chi connectivity index (χ0v) is 11.0. The lowest BCUT2D eigenvalue weighted by Crippen LogP contribution is -2.19. The first kappa shape index (κ1) is 13.1. The minimum absolute atomic E-state index is 0.0590. The van der Waals surface area contributed by atoms with Gasteiger partial charge in [-0.25, -0.2) is 0 Å². The third kappa shape index (κ3) is 1.92. The maximum Gasteiger partial charge on any atom is 0.275 e. The highest BCUT2D eigenvalue weighted by Crippen LogP contribution is 2.46. The SMILES string of the molecule is O=[N+]([O-])C1=CNc2nsnc2C1c1ccc(O)c(O)c1O. The van der Waals surface area contributed by atoms with Crippen LogP contribution >= 0.6 is 11.7 Å². The van der Waals surface area contributed by atoms with Crippen LogP contribution in [0.15, 0.2) is 24.0 Å². The highest BCUT2D eigenvalue weighted by Gasteiger charge is 2.38. The molecule has 0 amide bonds. The Morgan fingerprint density at radius 3 is 2.71 bits per heavy atom. The minimum Gasteiger partial charge on any atom is -0.504 e. The molecule has 9 nitrogen and oxygen atoms in total. The summed E-state index contributed by atoms with van der Waals surface area (Å²) >= 11 is 0.869. The van der Waals surface area contributed by atoms with Gasteiger partial charge in [-0.15, -0.1) is 0 Å². The van der Waals surface area contributed by atoms with Crippen LogP contribution in [-0.2, 0) is 0 Å². The number of rotatable bonds is 2. The largest absolute Gasteiger partial charge is 0.504 e. The summed E-state index contributed by atoms with van der Waals surface area (Å²) < 4.78 is 7.96. The molecule has 1 atom stereocenters. The summed E-state index contributed by atoms with van der Waals surface area (Å²) in [6.07, 6.45) is 1.16. The van der Waals surface area contributed by atoms with E-state index in [1.807, 2.05) is 0 Å². The fraction of sp³-hybridized carbons (Fsp3) is 0.0909. The molecule has 0 fully saturated rings. The fourth-order valence-corrected chi connectivity index (χ4v) is 2.68. The van der Waals surface area contributed by atoms with E-state index in [4.69, 9.17) is 0 Å². The number of aromatic nitrogens is 2. The number of allylic oxidation sites excluding steroid dienone is 1. The Morgan fingerprint density at radius 2 is 2.00 bits per heavy atom. The monoisotopic (exact) mass is 308 g/mol. The van der Waals surface area contributed by atoms with Crippen molar-refractivity contribution in [3.8, 4) is 17.2 Å². The number of nitrogens with one attached hydrogen (secondary N) is 1. The molecule has 10 heteroatoms. The average Bonchev–Trinajstić information content (AvgIpc) is 2.92. The molecular formula is C11H8N4O5S. The van der Waals surface area contributed by atoms with E-state index < -0.39 is 28.1 Å². The van der Waals surface area contributed by atoms with Crippen molar-refractivity contribution in [1.82, 2.24) is 8.75 Å². The molecule has 0 radical (unpaired) electrons. The zero-order chi connectivity index (χ0) is 15.1. The molecule has 0 saturated heterocycles. The van der Waals surface area contributed by atoms with E-state index >= 15 is 0 Å². The van der Waals surface area contributed by atoms with Crippen LogP contribution in [0.25, 0.3) is 0 Å². The zero-order valence-electron chi connectivity index (χ0n) is 10.2. The average molecular weight is 308 g/mol. The number of nitrogens with zero attached hydrogens (tertiary/aromatic N) is 3. The molecule has 1 unspecified atom stereocenters. The second-order valence-corrected chi connectivity index (χ2v) is 4.80. The van der Waals surface area contributed by atoms with Crippen LogP contribution < -0.4 is 5.32 Å². The second-order valence-electron chi connectivity index (χ2n) is 4.27. The van der Waals surface area contributed by atoms with Crippen molar-refractivity contribution in [1.29, 1.82) is 0 Å². The Balaban J connectivity index is 2.22. The van der Waals surface area contributed by atoms with E-state index in [1.165, 1.54) is 6.07 Å². The van der Waals surface area contributed by atoms with Gasteiger partial charge in [0.2, 0.25) is 5.75 Å². The molecule has 3 rings (SSSR count). The van der Waals surface area contributed by atoms with Gasteiger partial charge in [0, 0.05) is 5.56 Å². The van der Waals surface area contributed by atoms with Crippen molar-refractivity contribution in [2.75, 3.05) is 5.32 Å². The number of hydrogen-bond acceptors (Lipinski definition) is 9. The van der Waals surface area contributed by atoms with Crippen molar-refractivity contribution >= 4 is 17.5 Å².